The summed E-state index contributed by atoms with van der Waals surface area (Å²) < 4.78 is 27.2. The topological polar surface area (TPSA) is 12.0 Å². The van der Waals surface area contributed by atoms with Crippen LogP contribution in [0.4, 0.5) is 8.78 Å². The van der Waals surface area contributed by atoms with Crippen LogP contribution in [0.1, 0.15) is 30.5 Å². The number of hydrogen-bond acceptors (Lipinski definition) is 1. The van der Waals surface area contributed by atoms with Crippen LogP contribution in [-0.4, -0.2) is 6.04 Å². The second-order valence-corrected chi connectivity index (χ2v) is 5.31. The highest BCUT2D eigenvalue weighted by Gasteiger charge is 2.12. The van der Waals surface area contributed by atoms with E-state index in [1.807, 2.05) is 19.1 Å². The molecule has 1 unspecified atom stereocenters. The molecule has 0 aliphatic rings. The molecule has 0 bridgehead atoms. The summed E-state index contributed by atoms with van der Waals surface area (Å²) in [4.78, 5) is 0. The lowest BCUT2D eigenvalue weighted by atomic mass is 10.0. The summed E-state index contributed by atoms with van der Waals surface area (Å²) in [7, 11) is 0. The number of halogens is 2. The van der Waals surface area contributed by atoms with E-state index in [9.17, 15) is 8.78 Å². The maximum absolute atomic E-state index is 13.6. The van der Waals surface area contributed by atoms with Crippen LogP contribution in [0.15, 0.2) is 42.5 Å². The van der Waals surface area contributed by atoms with E-state index in [2.05, 4.69) is 24.4 Å². The summed E-state index contributed by atoms with van der Waals surface area (Å²) >= 11 is 0. The fourth-order valence-electron chi connectivity index (χ4n) is 2.46. The molecule has 0 saturated heterocycles. The summed E-state index contributed by atoms with van der Waals surface area (Å²) in [6.45, 7) is 4.78. The fraction of sp³-hybridized carbons (Fsp3) is 0.333. The molecule has 0 saturated carbocycles. The van der Waals surface area contributed by atoms with Gasteiger partial charge in [0.05, 0.1) is 0 Å². The molecule has 1 N–H and O–H groups in total. The van der Waals surface area contributed by atoms with E-state index >= 15 is 0 Å². The first kappa shape index (κ1) is 15.6. The van der Waals surface area contributed by atoms with Crippen LogP contribution >= 0.6 is 0 Å². The van der Waals surface area contributed by atoms with Crippen LogP contribution in [-0.2, 0) is 19.4 Å². The molecule has 3 heteroatoms. The predicted molar refractivity (Wildman–Crippen MR) is 82.2 cm³/mol. The maximum atomic E-state index is 13.6. The summed E-state index contributed by atoms with van der Waals surface area (Å²) in [6, 6.07) is 12.2. The minimum absolute atomic E-state index is 0.00122. The molecule has 0 spiro atoms. The van der Waals surface area contributed by atoms with Gasteiger partial charge in [0.15, 0.2) is 0 Å². The van der Waals surface area contributed by atoms with Crippen molar-refractivity contribution in [1.82, 2.24) is 5.32 Å². The third-order valence-electron chi connectivity index (χ3n) is 3.71. The lowest BCUT2D eigenvalue weighted by Gasteiger charge is -2.16. The van der Waals surface area contributed by atoms with Crippen LogP contribution in [0, 0.1) is 11.6 Å². The van der Waals surface area contributed by atoms with Crippen molar-refractivity contribution in [3.05, 3.63) is 70.8 Å². The van der Waals surface area contributed by atoms with Gasteiger partial charge in [-0.05, 0) is 43.0 Å². The molecule has 2 rings (SSSR count). The number of benzene rings is 2. The number of rotatable bonds is 6. The van der Waals surface area contributed by atoms with E-state index in [0.717, 1.165) is 6.42 Å². The minimum atomic E-state index is -0.474. The molecule has 0 amide bonds. The Morgan fingerprint density at radius 2 is 1.57 bits per heavy atom. The zero-order valence-electron chi connectivity index (χ0n) is 12.5. The molecule has 2 aromatic carbocycles. The monoisotopic (exact) mass is 289 g/mol. The Balaban J connectivity index is 1.98. The van der Waals surface area contributed by atoms with E-state index in [1.165, 1.54) is 29.3 Å². The van der Waals surface area contributed by atoms with Gasteiger partial charge in [0, 0.05) is 18.2 Å². The van der Waals surface area contributed by atoms with Crippen molar-refractivity contribution in [2.45, 2.75) is 39.3 Å². The highest BCUT2D eigenvalue weighted by Crippen LogP contribution is 2.15. The van der Waals surface area contributed by atoms with Gasteiger partial charge in [0.25, 0.3) is 0 Å². The Morgan fingerprint density at radius 1 is 0.952 bits per heavy atom. The molecule has 0 fully saturated rings. The van der Waals surface area contributed by atoms with Crippen molar-refractivity contribution >= 4 is 0 Å². The van der Waals surface area contributed by atoms with Crippen molar-refractivity contribution < 1.29 is 8.78 Å². The third-order valence-corrected chi connectivity index (χ3v) is 3.71. The largest absolute Gasteiger partial charge is 0.310 e. The maximum Gasteiger partial charge on any atom is 0.129 e. The molecule has 112 valence electrons. The van der Waals surface area contributed by atoms with Crippen LogP contribution in [0.3, 0.4) is 0 Å². The van der Waals surface area contributed by atoms with Crippen molar-refractivity contribution in [2.75, 3.05) is 0 Å². The lowest BCUT2D eigenvalue weighted by Crippen LogP contribution is -2.28. The molecule has 21 heavy (non-hydrogen) atoms. The molecule has 2 aromatic rings. The van der Waals surface area contributed by atoms with Gasteiger partial charge >= 0.3 is 0 Å². The highest BCUT2D eigenvalue weighted by atomic mass is 19.1. The Morgan fingerprint density at radius 3 is 2.19 bits per heavy atom. The van der Waals surface area contributed by atoms with Crippen LogP contribution < -0.4 is 5.32 Å². The van der Waals surface area contributed by atoms with Gasteiger partial charge in [-0.3, -0.25) is 0 Å². The van der Waals surface area contributed by atoms with Crippen LogP contribution in [0.25, 0.3) is 0 Å². The van der Waals surface area contributed by atoms with Crippen molar-refractivity contribution in [3.8, 4) is 0 Å². The lowest BCUT2D eigenvalue weighted by molar-refractivity contribution is 0.498. The van der Waals surface area contributed by atoms with Gasteiger partial charge < -0.3 is 5.32 Å². The van der Waals surface area contributed by atoms with Gasteiger partial charge in [0.1, 0.15) is 11.6 Å². The van der Waals surface area contributed by atoms with Gasteiger partial charge in [-0.1, -0.05) is 37.3 Å². The Kier molecular flexibility index (Phi) is 5.45. The van der Waals surface area contributed by atoms with Gasteiger partial charge in [-0.15, -0.1) is 0 Å². The first-order valence-corrected chi connectivity index (χ1v) is 7.34. The Bertz CT molecular complexity index is 575. The third kappa shape index (κ3) is 4.11. The molecule has 1 nitrogen and oxygen atoms in total. The average molecular weight is 289 g/mol. The molecule has 0 radical (unpaired) electrons. The second-order valence-electron chi connectivity index (χ2n) is 5.31. The van der Waals surface area contributed by atoms with Crippen molar-refractivity contribution in [1.29, 1.82) is 0 Å². The Labute approximate surface area is 125 Å². The van der Waals surface area contributed by atoms with E-state index in [4.69, 9.17) is 0 Å². The molecule has 1 atom stereocenters. The predicted octanol–water partition coefficient (Wildman–Crippen LogP) is 4.25. The van der Waals surface area contributed by atoms with Gasteiger partial charge in [0.2, 0.25) is 0 Å². The zero-order valence-corrected chi connectivity index (χ0v) is 12.5. The number of hydrogen-bond donors (Lipinski definition) is 1. The summed E-state index contributed by atoms with van der Waals surface area (Å²) in [5.74, 6) is -0.949. The summed E-state index contributed by atoms with van der Waals surface area (Å²) in [6.07, 6.45) is 1.32. The average Bonchev–Trinajstić information content (AvgIpc) is 2.49. The standard InChI is InChI=1S/C18H21F2N/c1-3-14-7-4-5-8-15(14)12-21-13(2)11-16-17(19)9-6-10-18(16)20/h4-10,13,21H,3,11-12H2,1-2H3. The molecule has 0 aliphatic heterocycles. The molecule has 0 aliphatic carbocycles. The molecular formula is C18H21F2N. The van der Waals surface area contributed by atoms with Crippen molar-refractivity contribution in [2.24, 2.45) is 0 Å². The SMILES string of the molecule is CCc1ccccc1CNC(C)Cc1c(F)cccc1F. The second kappa shape index (κ2) is 7.32. The summed E-state index contributed by atoms with van der Waals surface area (Å²) in [5.41, 5.74) is 2.69. The first-order chi connectivity index (χ1) is 10.1. The molecule has 0 aromatic heterocycles. The van der Waals surface area contributed by atoms with Gasteiger partial charge in [-0.2, -0.15) is 0 Å². The fourth-order valence-corrected chi connectivity index (χ4v) is 2.46. The van der Waals surface area contributed by atoms with Crippen molar-refractivity contribution in [3.63, 3.8) is 0 Å². The zero-order chi connectivity index (χ0) is 15.2. The van der Waals surface area contributed by atoms with E-state index < -0.39 is 11.6 Å². The van der Waals surface area contributed by atoms with E-state index in [-0.39, 0.29) is 11.6 Å². The first-order valence-electron chi connectivity index (χ1n) is 7.34. The normalized spacial score (nSPS) is 12.4. The minimum Gasteiger partial charge on any atom is -0.310 e. The number of nitrogens with one attached hydrogen (secondary N) is 1. The Hall–Kier alpha value is -1.74. The quantitative estimate of drug-likeness (QED) is 0.838. The highest BCUT2D eigenvalue weighted by molar-refractivity contribution is 5.27. The van der Waals surface area contributed by atoms with Crippen LogP contribution in [0.2, 0.25) is 0 Å². The molecular weight excluding hydrogens is 268 g/mol. The van der Waals surface area contributed by atoms with E-state index in [0.29, 0.717) is 13.0 Å². The van der Waals surface area contributed by atoms with E-state index in [1.54, 1.807) is 0 Å². The van der Waals surface area contributed by atoms with Crippen LogP contribution in [0.5, 0.6) is 0 Å². The smallest absolute Gasteiger partial charge is 0.129 e. The number of aryl methyl sites for hydroxylation is 1. The summed E-state index contributed by atoms with van der Waals surface area (Å²) in [5, 5.41) is 3.34. The van der Waals surface area contributed by atoms with Gasteiger partial charge in [-0.25, -0.2) is 8.78 Å². The molecule has 0 heterocycles.